The molecule has 0 aliphatic carbocycles. The molecule has 0 saturated carbocycles. The van der Waals surface area contributed by atoms with Crippen LogP contribution in [0.5, 0.6) is 0 Å². The third kappa shape index (κ3) is 100. The molecule has 0 bridgehead atoms. The Balaban J connectivity index is -0.0000000133. The van der Waals surface area contributed by atoms with Crippen molar-refractivity contribution in [2.45, 2.75) is 0 Å². The van der Waals surface area contributed by atoms with E-state index >= 15 is 0 Å². The normalized spacial score (nSPS) is 7.25. The molecule has 1 radical (unpaired) electrons. The van der Waals surface area contributed by atoms with Gasteiger partial charge in [-0.15, -0.1) is 0 Å². The largest absolute Gasteiger partial charge is 1.00 e. The molecular formula is H5AuNaO4S2. The van der Waals surface area contributed by atoms with Crippen molar-refractivity contribution in [2.75, 3.05) is 0 Å². The van der Waals surface area contributed by atoms with E-state index < -0.39 is 10.4 Å². The third-order valence-corrected chi connectivity index (χ3v) is 0. The van der Waals surface area contributed by atoms with Gasteiger partial charge in [-0.2, -0.15) is 21.9 Å². The molecule has 53 valence electrons. The van der Waals surface area contributed by atoms with Crippen molar-refractivity contribution in [1.82, 2.24) is 0 Å². The summed E-state index contributed by atoms with van der Waals surface area (Å²) in [6.45, 7) is 0. The van der Waals surface area contributed by atoms with Crippen molar-refractivity contribution in [3.8, 4) is 0 Å². The SMILES string of the molecule is O=S(=O)(O)O.S.[Au].[H-].[Na+]. The zero-order valence-electron chi connectivity index (χ0n) is 4.92. The molecule has 0 saturated heterocycles. The maximum Gasteiger partial charge on any atom is 1.00 e. The molecule has 0 amide bonds. The van der Waals surface area contributed by atoms with Crippen LogP contribution in [0.3, 0.4) is 0 Å². The molecule has 0 rings (SSSR count). The van der Waals surface area contributed by atoms with Crippen LogP contribution in [0.2, 0.25) is 0 Å². The fraction of sp³-hybridized carbons (Fsp3) is 0. The minimum atomic E-state index is -4.67. The summed E-state index contributed by atoms with van der Waals surface area (Å²) in [5.41, 5.74) is 0. The second-order valence-corrected chi connectivity index (χ2v) is 1.34. The molecule has 0 heterocycles. The molecule has 0 aliphatic rings. The molecule has 0 aromatic heterocycles. The monoisotopic (exact) mass is 353 g/mol. The number of hydrogen-bond acceptors (Lipinski definition) is 2. The first-order valence-electron chi connectivity index (χ1n) is 0.698. The Morgan fingerprint density at radius 1 is 1.25 bits per heavy atom. The molecule has 2 N–H and O–H groups in total. The molecule has 0 aliphatic heterocycles. The van der Waals surface area contributed by atoms with Crippen LogP contribution >= 0.6 is 13.5 Å². The van der Waals surface area contributed by atoms with Crippen LogP contribution in [0.15, 0.2) is 0 Å². The minimum Gasteiger partial charge on any atom is -1.00 e. The van der Waals surface area contributed by atoms with Crippen LogP contribution in [-0.4, -0.2) is 17.5 Å². The van der Waals surface area contributed by atoms with Crippen LogP contribution in [0.25, 0.3) is 0 Å². The average molecular weight is 353 g/mol. The van der Waals surface area contributed by atoms with Gasteiger partial charge >= 0.3 is 40.0 Å². The van der Waals surface area contributed by atoms with Crippen LogP contribution in [0, 0.1) is 0 Å². The Labute approximate surface area is 93.7 Å². The first kappa shape index (κ1) is 22.5. The molecular weight excluding hydrogens is 348 g/mol. The summed E-state index contributed by atoms with van der Waals surface area (Å²) in [5.74, 6) is 0. The molecule has 0 aromatic rings. The Kier molecular flexibility index (Phi) is 25.2. The second kappa shape index (κ2) is 8.96. The third-order valence-electron chi connectivity index (χ3n) is 0. The van der Waals surface area contributed by atoms with E-state index in [1.807, 2.05) is 0 Å². The summed E-state index contributed by atoms with van der Waals surface area (Å²) in [7, 11) is -4.67. The smallest absolute Gasteiger partial charge is 1.00 e. The van der Waals surface area contributed by atoms with Gasteiger partial charge < -0.3 is 1.43 Å². The number of rotatable bonds is 0. The van der Waals surface area contributed by atoms with E-state index in [4.69, 9.17) is 17.5 Å². The average Bonchev–Trinajstić information content (AvgIpc) is 0.722. The van der Waals surface area contributed by atoms with Gasteiger partial charge in [0.2, 0.25) is 0 Å². The molecule has 8 heavy (non-hydrogen) atoms. The second-order valence-electron chi connectivity index (χ2n) is 0.448. The van der Waals surface area contributed by atoms with Gasteiger partial charge in [-0.1, -0.05) is 0 Å². The fourth-order valence-corrected chi connectivity index (χ4v) is 0. The van der Waals surface area contributed by atoms with Gasteiger partial charge in [-0.25, -0.2) is 0 Å². The van der Waals surface area contributed by atoms with E-state index in [1.54, 1.807) is 0 Å². The summed E-state index contributed by atoms with van der Waals surface area (Å²) in [5, 5.41) is 0. The quantitative estimate of drug-likeness (QED) is 0.351. The van der Waals surface area contributed by atoms with Gasteiger partial charge in [0.25, 0.3) is 0 Å². The van der Waals surface area contributed by atoms with Crippen LogP contribution < -0.4 is 29.6 Å². The van der Waals surface area contributed by atoms with Gasteiger partial charge in [0.1, 0.15) is 0 Å². The van der Waals surface area contributed by atoms with E-state index in [9.17, 15) is 0 Å². The molecule has 0 aromatic carbocycles. The van der Waals surface area contributed by atoms with E-state index in [0.717, 1.165) is 0 Å². The summed E-state index contributed by atoms with van der Waals surface area (Å²) in [6.07, 6.45) is 0. The van der Waals surface area contributed by atoms with Gasteiger partial charge in [0.15, 0.2) is 0 Å². The molecule has 0 atom stereocenters. The maximum atomic E-state index is 8.74. The van der Waals surface area contributed by atoms with Gasteiger partial charge in [-0.05, 0) is 0 Å². The minimum absolute atomic E-state index is 0. The van der Waals surface area contributed by atoms with Gasteiger partial charge in [-0.3, -0.25) is 9.11 Å². The van der Waals surface area contributed by atoms with E-state index in [-0.39, 0.29) is 66.9 Å². The maximum absolute atomic E-state index is 8.74. The fourth-order valence-electron chi connectivity index (χ4n) is 0. The van der Waals surface area contributed by atoms with Crippen molar-refractivity contribution < 1.29 is 70.9 Å². The van der Waals surface area contributed by atoms with Crippen LogP contribution in [0.1, 0.15) is 1.43 Å². The topological polar surface area (TPSA) is 74.6 Å². The first-order chi connectivity index (χ1) is 2.00. The molecule has 4 nitrogen and oxygen atoms in total. The predicted octanol–water partition coefficient (Wildman–Crippen LogP) is -3.43. The molecule has 0 unspecified atom stereocenters. The van der Waals surface area contributed by atoms with Gasteiger partial charge in [0.05, 0.1) is 0 Å². The summed E-state index contributed by atoms with van der Waals surface area (Å²) >= 11 is 0. The Morgan fingerprint density at radius 3 is 1.25 bits per heavy atom. The van der Waals surface area contributed by atoms with Crippen molar-refractivity contribution in [2.24, 2.45) is 0 Å². The predicted molar refractivity (Wildman–Crippen MR) is 25.7 cm³/mol. The van der Waals surface area contributed by atoms with Crippen molar-refractivity contribution in [3.05, 3.63) is 0 Å². The summed E-state index contributed by atoms with van der Waals surface area (Å²) in [6, 6.07) is 0. The van der Waals surface area contributed by atoms with Crippen molar-refractivity contribution >= 4 is 23.9 Å². The summed E-state index contributed by atoms with van der Waals surface area (Å²) in [4.78, 5) is 0. The van der Waals surface area contributed by atoms with Crippen LogP contribution in [0.4, 0.5) is 0 Å². The Morgan fingerprint density at radius 2 is 1.25 bits per heavy atom. The molecule has 8 heteroatoms. The number of hydrogen-bond donors (Lipinski definition) is 2. The summed E-state index contributed by atoms with van der Waals surface area (Å²) < 4.78 is 31.6. The van der Waals surface area contributed by atoms with E-state index in [2.05, 4.69) is 0 Å². The molecule has 0 fully saturated rings. The zero-order valence-corrected chi connectivity index (χ0v) is 9.90. The van der Waals surface area contributed by atoms with Crippen LogP contribution in [-0.2, 0) is 32.8 Å². The Bertz CT molecular complexity index is 102. The Hall–Kier alpha value is 1.96. The van der Waals surface area contributed by atoms with Gasteiger partial charge in [0, 0.05) is 22.4 Å². The first-order valence-corrected chi connectivity index (χ1v) is 2.10. The standard InChI is InChI=1S/Au.Na.H2O4S.H2S.H/c;;1-5(2,3)4;;/h;;(H2,1,2,3,4);1H2;/q;+1;;;-1. The van der Waals surface area contributed by atoms with E-state index in [0.29, 0.717) is 0 Å². The molecule has 0 spiro atoms. The zero-order chi connectivity index (χ0) is 4.50. The van der Waals surface area contributed by atoms with E-state index in [1.165, 1.54) is 0 Å². The van der Waals surface area contributed by atoms with Crippen molar-refractivity contribution in [1.29, 1.82) is 0 Å². The van der Waals surface area contributed by atoms with Crippen molar-refractivity contribution in [3.63, 3.8) is 0 Å².